The van der Waals surface area contributed by atoms with Crippen LogP contribution in [0.3, 0.4) is 0 Å². The van der Waals surface area contributed by atoms with Crippen molar-refractivity contribution < 1.29 is 13.6 Å². The molecule has 0 atom stereocenters. The first-order valence-electron chi connectivity index (χ1n) is 9.73. The van der Waals surface area contributed by atoms with Gasteiger partial charge in [-0.2, -0.15) is 0 Å². The fourth-order valence-corrected chi connectivity index (χ4v) is 3.80. The van der Waals surface area contributed by atoms with Gasteiger partial charge in [-0.05, 0) is 49.4 Å². The summed E-state index contributed by atoms with van der Waals surface area (Å²) >= 11 is 1.09. The Morgan fingerprint density at radius 2 is 2.10 bits per heavy atom. The zero-order valence-corrected chi connectivity index (χ0v) is 16.7. The highest BCUT2D eigenvalue weighted by molar-refractivity contribution is 7.97. The maximum atomic E-state index is 13.8. The first kappa shape index (κ1) is 20.0. The molecule has 4 rings (SSSR count). The third kappa shape index (κ3) is 4.84. The number of hydrogen-bond donors (Lipinski definition) is 2. The molecule has 9 heteroatoms. The number of rotatable bonds is 5. The third-order valence-corrected chi connectivity index (χ3v) is 5.75. The summed E-state index contributed by atoms with van der Waals surface area (Å²) in [5.41, 5.74) is 0.899. The molecule has 3 N–H and O–H groups in total. The molecule has 1 aliphatic carbocycles. The van der Waals surface area contributed by atoms with Gasteiger partial charge in [-0.3, -0.25) is 9.93 Å². The van der Waals surface area contributed by atoms with Gasteiger partial charge in [0.25, 0.3) is 5.91 Å². The lowest BCUT2D eigenvalue weighted by atomic mass is 10.1. The number of benzene rings is 1. The zero-order valence-electron chi connectivity index (χ0n) is 15.9. The van der Waals surface area contributed by atoms with E-state index in [2.05, 4.69) is 15.3 Å². The van der Waals surface area contributed by atoms with Crippen LogP contribution in [0.5, 0.6) is 0 Å². The molecule has 2 heterocycles. The number of carbonyl (C=O) groups excluding carboxylic acids is 1. The van der Waals surface area contributed by atoms with Crippen molar-refractivity contribution in [2.24, 2.45) is 5.14 Å². The summed E-state index contributed by atoms with van der Waals surface area (Å²) in [6, 6.07) is 7.18. The average Bonchev–Trinajstić information content (AvgIpc) is 3.56. The lowest BCUT2D eigenvalue weighted by molar-refractivity contribution is -0.0102. The fraction of sp³-hybridized carbons (Fsp3) is 0.450. The number of nitrogens with one attached hydrogen (secondary N) is 1. The minimum atomic E-state index is -2.68. The van der Waals surface area contributed by atoms with E-state index in [1.54, 1.807) is 23.1 Å². The Balaban J connectivity index is 1.62. The molecule has 6 nitrogen and oxygen atoms in total. The van der Waals surface area contributed by atoms with Crippen LogP contribution in [-0.4, -0.2) is 34.9 Å². The predicted octanol–water partition coefficient (Wildman–Crippen LogP) is 4.20. The SMILES string of the molecule is NSc1cccc(NC(=O)c2cnc(C3CC3)nc2N2CCCC(F)(F)CC2)c1. The van der Waals surface area contributed by atoms with Gasteiger partial charge < -0.3 is 10.2 Å². The average molecular weight is 420 g/mol. The van der Waals surface area contributed by atoms with E-state index in [0.717, 1.165) is 29.7 Å². The number of anilines is 2. The molecule has 0 radical (unpaired) electrons. The Labute approximate surface area is 172 Å². The van der Waals surface area contributed by atoms with Crippen LogP contribution < -0.4 is 15.4 Å². The summed E-state index contributed by atoms with van der Waals surface area (Å²) in [7, 11) is 0. The smallest absolute Gasteiger partial charge is 0.261 e. The van der Waals surface area contributed by atoms with Gasteiger partial charge in [0.1, 0.15) is 17.2 Å². The van der Waals surface area contributed by atoms with E-state index in [1.807, 2.05) is 6.07 Å². The number of nitrogens with two attached hydrogens (primary N) is 1. The monoisotopic (exact) mass is 419 g/mol. The number of halogens is 2. The van der Waals surface area contributed by atoms with Crippen molar-refractivity contribution in [2.45, 2.75) is 48.8 Å². The number of carbonyl (C=O) groups is 1. The van der Waals surface area contributed by atoms with Crippen molar-refractivity contribution in [2.75, 3.05) is 23.3 Å². The van der Waals surface area contributed by atoms with Crippen molar-refractivity contribution in [3.63, 3.8) is 0 Å². The summed E-state index contributed by atoms with van der Waals surface area (Å²) in [6.45, 7) is 0.601. The molecule has 0 spiro atoms. The molecule has 0 unspecified atom stereocenters. The second kappa shape index (κ2) is 8.23. The zero-order chi connectivity index (χ0) is 20.4. The molecule has 2 fully saturated rings. The van der Waals surface area contributed by atoms with Crippen molar-refractivity contribution >= 4 is 29.4 Å². The number of hydrogen-bond acceptors (Lipinski definition) is 6. The lowest BCUT2D eigenvalue weighted by Gasteiger charge is -2.24. The van der Waals surface area contributed by atoms with Crippen molar-refractivity contribution in [1.82, 2.24) is 9.97 Å². The van der Waals surface area contributed by atoms with E-state index in [1.165, 1.54) is 6.20 Å². The van der Waals surface area contributed by atoms with Gasteiger partial charge in [0, 0.05) is 48.6 Å². The molecule has 2 aromatic rings. The normalized spacial score (nSPS) is 18.9. The number of aromatic nitrogens is 2. The molecule has 2 aliphatic rings. The van der Waals surface area contributed by atoms with E-state index in [0.29, 0.717) is 41.8 Å². The minimum Gasteiger partial charge on any atom is -0.356 e. The van der Waals surface area contributed by atoms with Gasteiger partial charge in [0.05, 0.1) is 0 Å². The number of alkyl halides is 2. The van der Waals surface area contributed by atoms with Gasteiger partial charge >= 0.3 is 0 Å². The Morgan fingerprint density at radius 1 is 1.28 bits per heavy atom. The van der Waals surface area contributed by atoms with Crippen LogP contribution in [0.15, 0.2) is 35.4 Å². The van der Waals surface area contributed by atoms with Gasteiger partial charge in [0.2, 0.25) is 5.92 Å². The summed E-state index contributed by atoms with van der Waals surface area (Å²) in [4.78, 5) is 24.6. The van der Waals surface area contributed by atoms with Crippen molar-refractivity contribution in [3.05, 3.63) is 41.9 Å². The Kier molecular flexibility index (Phi) is 5.69. The molecule has 1 saturated heterocycles. The summed E-state index contributed by atoms with van der Waals surface area (Å²) in [5.74, 6) is -1.60. The highest BCUT2D eigenvalue weighted by Crippen LogP contribution is 2.39. The Bertz CT molecular complexity index is 906. The standard InChI is InChI=1S/C20H23F2N5OS/c21-20(22)7-2-9-27(10-8-20)18-16(12-24-17(26-18)13-5-6-13)19(28)25-14-3-1-4-15(11-14)29-23/h1,3-4,11-13H,2,5-10,23H2,(H,25,28). The van der Waals surface area contributed by atoms with Gasteiger partial charge in [0.15, 0.2) is 0 Å². The van der Waals surface area contributed by atoms with Gasteiger partial charge in [-0.1, -0.05) is 6.07 Å². The quantitative estimate of drug-likeness (QED) is 0.707. The van der Waals surface area contributed by atoms with Crippen LogP contribution in [-0.2, 0) is 0 Å². The van der Waals surface area contributed by atoms with E-state index in [4.69, 9.17) is 5.14 Å². The lowest BCUT2D eigenvalue weighted by Crippen LogP contribution is -2.30. The summed E-state index contributed by atoms with van der Waals surface area (Å²) in [5, 5.41) is 8.43. The van der Waals surface area contributed by atoms with Crippen LogP contribution >= 0.6 is 11.9 Å². The highest BCUT2D eigenvalue weighted by atomic mass is 32.2. The van der Waals surface area contributed by atoms with Gasteiger partial charge in [-0.15, -0.1) is 0 Å². The number of amides is 1. The second-order valence-corrected chi connectivity index (χ2v) is 8.24. The topological polar surface area (TPSA) is 84.1 Å². The predicted molar refractivity (Wildman–Crippen MR) is 109 cm³/mol. The molecule has 1 amide bonds. The molecule has 29 heavy (non-hydrogen) atoms. The van der Waals surface area contributed by atoms with Crippen molar-refractivity contribution in [3.8, 4) is 0 Å². The molecule has 1 aromatic heterocycles. The van der Waals surface area contributed by atoms with Crippen LogP contribution in [0, 0.1) is 0 Å². The summed E-state index contributed by atoms with van der Waals surface area (Å²) < 4.78 is 27.7. The third-order valence-electron chi connectivity index (χ3n) is 5.22. The molecule has 1 aromatic carbocycles. The maximum absolute atomic E-state index is 13.8. The molecule has 1 saturated carbocycles. The van der Waals surface area contributed by atoms with Crippen molar-refractivity contribution in [1.29, 1.82) is 0 Å². The maximum Gasteiger partial charge on any atom is 0.261 e. The first-order valence-corrected chi connectivity index (χ1v) is 10.6. The van der Waals surface area contributed by atoms with Crippen LogP contribution in [0.1, 0.15) is 54.2 Å². The molecule has 1 aliphatic heterocycles. The van der Waals surface area contributed by atoms with Crippen LogP contribution in [0.2, 0.25) is 0 Å². The van der Waals surface area contributed by atoms with E-state index in [-0.39, 0.29) is 25.3 Å². The van der Waals surface area contributed by atoms with Gasteiger partial charge in [-0.25, -0.2) is 18.7 Å². The van der Waals surface area contributed by atoms with Crippen LogP contribution in [0.25, 0.3) is 0 Å². The summed E-state index contributed by atoms with van der Waals surface area (Å²) in [6.07, 6.45) is 3.53. The fourth-order valence-electron chi connectivity index (χ4n) is 3.45. The Morgan fingerprint density at radius 3 is 2.86 bits per heavy atom. The molecular weight excluding hydrogens is 396 g/mol. The van der Waals surface area contributed by atoms with E-state index in [9.17, 15) is 13.6 Å². The van der Waals surface area contributed by atoms with E-state index < -0.39 is 5.92 Å². The minimum absolute atomic E-state index is 0.144. The molecule has 0 bridgehead atoms. The molecule has 154 valence electrons. The highest BCUT2D eigenvalue weighted by Gasteiger charge is 2.34. The Hall–Kier alpha value is -2.26. The largest absolute Gasteiger partial charge is 0.356 e. The molecular formula is C20H23F2N5OS. The van der Waals surface area contributed by atoms with E-state index >= 15 is 0 Å². The number of nitrogens with zero attached hydrogens (tertiary/aromatic N) is 3. The van der Waals surface area contributed by atoms with Crippen LogP contribution in [0.4, 0.5) is 20.3 Å². The second-order valence-electron chi connectivity index (χ2n) is 7.54. The first-order chi connectivity index (χ1) is 13.9.